The van der Waals surface area contributed by atoms with Gasteiger partial charge in [-0.25, -0.2) is 8.78 Å². The molecule has 1 aromatic rings. The van der Waals surface area contributed by atoms with Crippen LogP contribution in [0.5, 0.6) is 0 Å². The maximum atomic E-state index is 13.1. The molecule has 0 unspecified atom stereocenters. The number of aromatic nitrogens is 2. The molecule has 0 fully saturated rings. The van der Waals surface area contributed by atoms with Crippen molar-refractivity contribution in [3.05, 3.63) is 18.0 Å². The minimum Gasteiger partial charge on any atom is -0.285 e. The first-order valence-electron chi connectivity index (χ1n) is 3.42. The van der Waals surface area contributed by atoms with Gasteiger partial charge in [-0.2, -0.15) is 5.10 Å². The molecule has 0 aliphatic heterocycles. The molecule has 0 atom stereocenters. The van der Waals surface area contributed by atoms with E-state index in [0.29, 0.717) is 0 Å². The Bertz CT molecular complexity index is 216. The van der Waals surface area contributed by atoms with Gasteiger partial charge in [0.15, 0.2) is 0 Å². The zero-order valence-corrected chi connectivity index (χ0v) is 6.44. The monoisotopic (exact) mass is 160 g/mol. The number of alkyl halides is 2. The molecule has 0 amide bonds. The van der Waals surface area contributed by atoms with E-state index in [9.17, 15) is 8.78 Å². The molecule has 0 bridgehead atoms. The van der Waals surface area contributed by atoms with Crippen molar-refractivity contribution in [3.63, 3.8) is 0 Å². The fraction of sp³-hybridized carbons (Fsp3) is 0.571. The minimum absolute atomic E-state index is 0.0486. The molecule has 0 aliphatic carbocycles. The molecule has 4 heteroatoms. The predicted octanol–water partition coefficient (Wildman–Crippen LogP) is 2.16. The van der Waals surface area contributed by atoms with Gasteiger partial charge in [0.2, 0.25) is 0 Å². The molecule has 1 rings (SSSR count). The van der Waals surface area contributed by atoms with E-state index in [1.165, 1.54) is 20.0 Å². The lowest BCUT2D eigenvalue weighted by molar-refractivity contribution is -0.0513. The standard InChI is InChI=1S/C7H10F2N2/c1-5(2)7(8,9)6-3-10-11-4-6/h3-5H,1-2H3,(H,10,11). The third-order valence-electron chi connectivity index (χ3n) is 1.61. The number of hydrogen-bond acceptors (Lipinski definition) is 1. The molecule has 2 nitrogen and oxygen atoms in total. The number of hydrogen-bond donors (Lipinski definition) is 1. The largest absolute Gasteiger partial charge is 0.285 e. The van der Waals surface area contributed by atoms with E-state index in [-0.39, 0.29) is 5.56 Å². The Morgan fingerprint density at radius 3 is 2.55 bits per heavy atom. The van der Waals surface area contributed by atoms with E-state index in [1.807, 2.05) is 0 Å². The van der Waals surface area contributed by atoms with E-state index in [2.05, 4.69) is 10.2 Å². The van der Waals surface area contributed by atoms with Gasteiger partial charge in [-0.15, -0.1) is 0 Å². The van der Waals surface area contributed by atoms with E-state index < -0.39 is 11.8 Å². The van der Waals surface area contributed by atoms with Crippen molar-refractivity contribution >= 4 is 0 Å². The molecule has 1 aromatic heterocycles. The normalized spacial score (nSPS) is 12.5. The Hall–Kier alpha value is -0.930. The average molecular weight is 160 g/mol. The summed E-state index contributed by atoms with van der Waals surface area (Å²) in [6, 6.07) is 0. The summed E-state index contributed by atoms with van der Waals surface area (Å²) in [6.45, 7) is 2.96. The Balaban J connectivity index is 2.90. The second-order valence-electron chi connectivity index (χ2n) is 2.76. The second-order valence-corrected chi connectivity index (χ2v) is 2.76. The lowest BCUT2D eigenvalue weighted by Gasteiger charge is -2.17. The van der Waals surface area contributed by atoms with Gasteiger partial charge in [-0.3, -0.25) is 5.10 Å². The zero-order valence-electron chi connectivity index (χ0n) is 6.44. The minimum atomic E-state index is -2.77. The van der Waals surface area contributed by atoms with Crippen molar-refractivity contribution in [1.29, 1.82) is 0 Å². The Labute approximate surface area is 63.6 Å². The molecule has 11 heavy (non-hydrogen) atoms. The van der Waals surface area contributed by atoms with Gasteiger partial charge < -0.3 is 0 Å². The molecule has 0 saturated heterocycles. The highest BCUT2D eigenvalue weighted by Gasteiger charge is 2.36. The quantitative estimate of drug-likeness (QED) is 0.705. The summed E-state index contributed by atoms with van der Waals surface area (Å²) in [7, 11) is 0. The van der Waals surface area contributed by atoms with Crippen molar-refractivity contribution in [1.82, 2.24) is 10.2 Å². The van der Waals surface area contributed by atoms with Crippen LogP contribution in [0, 0.1) is 5.92 Å². The van der Waals surface area contributed by atoms with Crippen molar-refractivity contribution in [2.24, 2.45) is 5.92 Å². The molecule has 1 N–H and O–H groups in total. The topological polar surface area (TPSA) is 28.7 Å². The third kappa shape index (κ3) is 1.39. The number of rotatable bonds is 2. The van der Waals surface area contributed by atoms with Gasteiger partial charge in [-0.05, 0) is 0 Å². The molecule has 0 aliphatic rings. The second kappa shape index (κ2) is 2.60. The van der Waals surface area contributed by atoms with Crippen LogP contribution in [0.15, 0.2) is 12.4 Å². The van der Waals surface area contributed by atoms with Gasteiger partial charge in [0, 0.05) is 12.1 Å². The first kappa shape index (κ1) is 8.17. The number of H-pyrrole nitrogens is 1. The van der Waals surface area contributed by atoms with Crippen molar-refractivity contribution in [2.75, 3.05) is 0 Å². The van der Waals surface area contributed by atoms with Crippen LogP contribution in [0.2, 0.25) is 0 Å². The fourth-order valence-electron chi connectivity index (χ4n) is 0.767. The molecule has 1 heterocycles. The van der Waals surface area contributed by atoms with Gasteiger partial charge in [0.1, 0.15) is 0 Å². The summed E-state index contributed by atoms with van der Waals surface area (Å²) in [6.07, 6.45) is 2.38. The number of nitrogens with zero attached hydrogens (tertiary/aromatic N) is 1. The first-order valence-corrected chi connectivity index (χ1v) is 3.42. The summed E-state index contributed by atoms with van der Waals surface area (Å²) in [5.74, 6) is -3.47. The van der Waals surface area contributed by atoms with E-state index in [4.69, 9.17) is 0 Å². The maximum absolute atomic E-state index is 13.1. The molecule has 0 aromatic carbocycles. The molecule has 0 saturated carbocycles. The fourth-order valence-corrected chi connectivity index (χ4v) is 0.767. The van der Waals surface area contributed by atoms with Crippen LogP contribution in [0.1, 0.15) is 19.4 Å². The molecule has 0 radical (unpaired) electrons. The Morgan fingerprint density at radius 2 is 2.18 bits per heavy atom. The van der Waals surface area contributed by atoms with E-state index >= 15 is 0 Å². The van der Waals surface area contributed by atoms with Crippen LogP contribution in [0.4, 0.5) is 8.78 Å². The van der Waals surface area contributed by atoms with Crippen molar-refractivity contribution < 1.29 is 8.78 Å². The Morgan fingerprint density at radius 1 is 1.55 bits per heavy atom. The molecule has 62 valence electrons. The Kier molecular flexibility index (Phi) is 1.93. The highest BCUT2D eigenvalue weighted by Crippen LogP contribution is 2.34. The smallest absolute Gasteiger partial charge is 0.278 e. The van der Waals surface area contributed by atoms with E-state index in [0.717, 1.165) is 6.20 Å². The van der Waals surface area contributed by atoms with Crippen LogP contribution in [-0.2, 0) is 5.92 Å². The molecular formula is C7H10F2N2. The number of nitrogens with one attached hydrogen (secondary N) is 1. The third-order valence-corrected chi connectivity index (χ3v) is 1.61. The maximum Gasteiger partial charge on any atom is 0.278 e. The van der Waals surface area contributed by atoms with Gasteiger partial charge >= 0.3 is 0 Å². The van der Waals surface area contributed by atoms with Crippen LogP contribution < -0.4 is 0 Å². The summed E-state index contributed by atoms with van der Waals surface area (Å²) in [5, 5.41) is 5.83. The lowest BCUT2D eigenvalue weighted by atomic mass is 10.0. The number of aromatic amines is 1. The van der Waals surface area contributed by atoms with Crippen LogP contribution in [0.25, 0.3) is 0 Å². The van der Waals surface area contributed by atoms with Crippen LogP contribution >= 0.6 is 0 Å². The lowest BCUT2D eigenvalue weighted by Crippen LogP contribution is -2.19. The summed E-state index contributed by atoms with van der Waals surface area (Å²) >= 11 is 0. The number of halogens is 2. The van der Waals surface area contributed by atoms with Crippen molar-refractivity contribution in [2.45, 2.75) is 19.8 Å². The van der Waals surface area contributed by atoms with E-state index in [1.54, 1.807) is 0 Å². The molecular weight excluding hydrogens is 150 g/mol. The van der Waals surface area contributed by atoms with Gasteiger partial charge in [0.05, 0.1) is 11.8 Å². The highest BCUT2D eigenvalue weighted by molar-refractivity contribution is 5.11. The van der Waals surface area contributed by atoms with Gasteiger partial charge in [-0.1, -0.05) is 13.8 Å². The highest BCUT2D eigenvalue weighted by atomic mass is 19.3. The van der Waals surface area contributed by atoms with Gasteiger partial charge in [0.25, 0.3) is 5.92 Å². The predicted molar refractivity (Wildman–Crippen MR) is 37.3 cm³/mol. The van der Waals surface area contributed by atoms with Crippen LogP contribution in [-0.4, -0.2) is 10.2 Å². The first-order chi connectivity index (χ1) is 5.05. The summed E-state index contributed by atoms with van der Waals surface area (Å²) in [4.78, 5) is 0. The summed E-state index contributed by atoms with van der Waals surface area (Å²) < 4.78 is 26.1. The zero-order chi connectivity index (χ0) is 8.48. The SMILES string of the molecule is CC(C)C(F)(F)c1cn[nH]c1. The molecule has 0 spiro atoms. The van der Waals surface area contributed by atoms with Crippen molar-refractivity contribution in [3.8, 4) is 0 Å². The van der Waals surface area contributed by atoms with Crippen LogP contribution in [0.3, 0.4) is 0 Å². The average Bonchev–Trinajstić information content (AvgIpc) is 2.37. The summed E-state index contributed by atoms with van der Waals surface area (Å²) in [5.41, 5.74) is -0.0486.